The molecule has 2 amide bonds. The number of nitriles is 1. The van der Waals surface area contributed by atoms with Crippen molar-refractivity contribution >= 4 is 34.4 Å². The number of nitrogens with zero attached hydrogens (tertiary/aromatic N) is 1. The number of furan rings is 1. The van der Waals surface area contributed by atoms with Crippen molar-refractivity contribution in [1.82, 2.24) is 5.32 Å². The van der Waals surface area contributed by atoms with Gasteiger partial charge in [0.25, 0.3) is 0 Å². The summed E-state index contributed by atoms with van der Waals surface area (Å²) in [5, 5.41) is 15.8. The maximum atomic E-state index is 12.3. The second kappa shape index (κ2) is 10.7. The summed E-state index contributed by atoms with van der Waals surface area (Å²) in [7, 11) is 0. The van der Waals surface area contributed by atoms with Crippen LogP contribution in [0.4, 0.5) is 9.80 Å². The number of carbonyl (C=O) groups excluding carboxylic acids is 2. The fourth-order valence-corrected chi connectivity index (χ4v) is 5.03. The Morgan fingerprint density at radius 1 is 1.27 bits per heavy atom. The predicted molar refractivity (Wildman–Crippen MR) is 126 cm³/mol. The van der Waals surface area contributed by atoms with Crippen LogP contribution in [-0.2, 0) is 28.9 Å². The van der Waals surface area contributed by atoms with Crippen LogP contribution in [0.5, 0.6) is 0 Å². The Labute approximate surface area is 195 Å². The number of rotatable bonds is 7. The summed E-state index contributed by atoms with van der Waals surface area (Å²) in [6.07, 6.45) is 7.94. The third-order valence-corrected chi connectivity index (χ3v) is 6.59. The summed E-state index contributed by atoms with van der Waals surface area (Å²) < 4.78 is 10.4. The van der Waals surface area contributed by atoms with Gasteiger partial charge >= 0.3 is 6.09 Å². The van der Waals surface area contributed by atoms with Gasteiger partial charge in [-0.05, 0) is 48.4 Å². The van der Waals surface area contributed by atoms with Crippen molar-refractivity contribution in [1.29, 1.82) is 5.26 Å². The Balaban J connectivity index is 1.31. The summed E-state index contributed by atoms with van der Waals surface area (Å²) in [4.78, 5) is 25.4. The van der Waals surface area contributed by atoms with Gasteiger partial charge in [0.05, 0.1) is 24.7 Å². The van der Waals surface area contributed by atoms with E-state index in [-0.39, 0.29) is 11.8 Å². The molecule has 1 unspecified atom stereocenters. The molecule has 0 saturated heterocycles. The summed E-state index contributed by atoms with van der Waals surface area (Å²) in [6, 6.07) is 13.6. The van der Waals surface area contributed by atoms with E-state index in [0.29, 0.717) is 30.1 Å². The van der Waals surface area contributed by atoms with E-state index in [4.69, 9.17) is 9.15 Å². The molecule has 1 aliphatic rings. The fraction of sp³-hybridized carbons (Fsp3) is 0.240. The van der Waals surface area contributed by atoms with E-state index in [0.717, 1.165) is 34.4 Å². The van der Waals surface area contributed by atoms with Crippen molar-refractivity contribution in [3.05, 3.63) is 82.1 Å². The molecule has 4 rings (SSSR count). The maximum absolute atomic E-state index is 12.3. The van der Waals surface area contributed by atoms with Gasteiger partial charge in [0.15, 0.2) is 0 Å². The minimum atomic E-state index is -0.439. The Hall–Kier alpha value is -3.83. The van der Waals surface area contributed by atoms with Crippen molar-refractivity contribution in [3.63, 3.8) is 0 Å². The Bertz CT molecular complexity index is 1180. The topological polar surface area (TPSA) is 104 Å². The van der Waals surface area contributed by atoms with Crippen LogP contribution >= 0.6 is 11.3 Å². The van der Waals surface area contributed by atoms with Crippen molar-refractivity contribution in [2.45, 2.75) is 25.8 Å². The number of alkyl carbamates (subject to hydrolysis) is 1. The molecule has 33 heavy (non-hydrogen) atoms. The second-order valence-electron chi connectivity index (χ2n) is 7.75. The van der Waals surface area contributed by atoms with Crippen molar-refractivity contribution in [2.75, 3.05) is 11.9 Å². The standard InChI is InChI=1S/C25H23N3O4S/c26-13-21-20-8-6-19(16-32-25(30)27-14-17-4-2-1-3-5-17)12-22(20)33-24(21)28-23(29)9-7-18-10-11-31-15-18/h1-5,7,9-11,15,19H,6,8,12,14,16H2,(H,27,30)(H,28,29)/b9-7+. The van der Waals surface area contributed by atoms with Crippen LogP contribution in [0, 0.1) is 17.2 Å². The second-order valence-corrected chi connectivity index (χ2v) is 8.85. The van der Waals surface area contributed by atoms with Crippen LogP contribution in [0.3, 0.4) is 0 Å². The first kappa shape index (κ1) is 22.4. The minimum Gasteiger partial charge on any atom is -0.472 e. The molecule has 0 saturated carbocycles. The average Bonchev–Trinajstić information content (AvgIpc) is 3.47. The number of thiophene rings is 1. The number of fused-ring (bicyclic) bond motifs is 1. The Kier molecular flexibility index (Phi) is 7.22. The third kappa shape index (κ3) is 5.90. The molecule has 2 aromatic heterocycles. The first-order valence-corrected chi connectivity index (χ1v) is 11.4. The molecule has 1 aromatic carbocycles. The smallest absolute Gasteiger partial charge is 0.407 e. The van der Waals surface area contributed by atoms with Gasteiger partial charge in [-0.2, -0.15) is 5.26 Å². The van der Waals surface area contributed by atoms with Gasteiger partial charge in [-0.3, -0.25) is 4.79 Å². The summed E-state index contributed by atoms with van der Waals surface area (Å²) in [6.45, 7) is 0.734. The molecule has 7 nitrogen and oxygen atoms in total. The maximum Gasteiger partial charge on any atom is 0.407 e. The predicted octanol–water partition coefficient (Wildman–Crippen LogP) is 4.90. The number of nitrogens with one attached hydrogen (secondary N) is 2. The molecule has 0 bridgehead atoms. The number of hydrogen-bond acceptors (Lipinski definition) is 6. The molecule has 0 radical (unpaired) electrons. The molecule has 3 aromatic rings. The number of anilines is 1. The number of benzene rings is 1. The van der Waals surface area contributed by atoms with Gasteiger partial charge in [-0.15, -0.1) is 11.3 Å². The number of ether oxygens (including phenoxy) is 1. The molecule has 1 atom stereocenters. The molecule has 0 fully saturated rings. The zero-order valence-electron chi connectivity index (χ0n) is 17.9. The summed E-state index contributed by atoms with van der Waals surface area (Å²) in [5.74, 6) is -0.129. The van der Waals surface area contributed by atoms with E-state index >= 15 is 0 Å². The van der Waals surface area contributed by atoms with E-state index in [2.05, 4.69) is 16.7 Å². The number of hydrogen-bond donors (Lipinski definition) is 2. The van der Waals surface area contributed by atoms with Crippen LogP contribution < -0.4 is 10.6 Å². The van der Waals surface area contributed by atoms with Gasteiger partial charge in [0, 0.05) is 23.1 Å². The largest absolute Gasteiger partial charge is 0.472 e. The monoisotopic (exact) mass is 461 g/mol. The van der Waals surface area contributed by atoms with E-state index < -0.39 is 6.09 Å². The van der Waals surface area contributed by atoms with E-state index in [1.54, 1.807) is 18.4 Å². The Morgan fingerprint density at radius 3 is 2.88 bits per heavy atom. The molecular formula is C25H23N3O4S. The zero-order chi connectivity index (χ0) is 23.0. The zero-order valence-corrected chi connectivity index (χ0v) is 18.7. The van der Waals surface area contributed by atoms with Crippen LogP contribution in [0.1, 0.15) is 33.6 Å². The van der Waals surface area contributed by atoms with E-state index in [1.807, 2.05) is 30.3 Å². The molecule has 168 valence electrons. The quantitative estimate of drug-likeness (QED) is 0.487. The van der Waals surface area contributed by atoms with Crippen molar-refractivity contribution in [3.8, 4) is 6.07 Å². The first-order chi connectivity index (χ1) is 16.1. The highest BCUT2D eigenvalue weighted by Gasteiger charge is 2.27. The summed E-state index contributed by atoms with van der Waals surface area (Å²) >= 11 is 1.42. The average molecular weight is 462 g/mol. The third-order valence-electron chi connectivity index (χ3n) is 5.42. The Morgan fingerprint density at radius 2 is 2.12 bits per heavy atom. The van der Waals surface area contributed by atoms with E-state index in [1.165, 1.54) is 23.7 Å². The van der Waals surface area contributed by atoms with Crippen LogP contribution in [0.15, 0.2) is 59.4 Å². The first-order valence-electron chi connectivity index (χ1n) is 10.6. The molecule has 0 aliphatic heterocycles. The van der Waals surface area contributed by atoms with Gasteiger partial charge in [-0.1, -0.05) is 30.3 Å². The fourth-order valence-electron chi connectivity index (χ4n) is 3.71. The van der Waals surface area contributed by atoms with Crippen molar-refractivity contribution in [2.24, 2.45) is 5.92 Å². The lowest BCUT2D eigenvalue weighted by molar-refractivity contribution is -0.111. The molecular weight excluding hydrogens is 438 g/mol. The summed E-state index contributed by atoms with van der Waals surface area (Å²) in [5.41, 5.74) is 3.31. The molecule has 0 spiro atoms. The minimum absolute atomic E-state index is 0.176. The highest BCUT2D eigenvalue weighted by Crippen LogP contribution is 2.39. The molecule has 1 aliphatic carbocycles. The number of amides is 2. The SMILES string of the molecule is N#Cc1c(NC(=O)/C=C/c2ccoc2)sc2c1CCC(COC(=O)NCc1ccccc1)C2. The van der Waals surface area contributed by atoms with Gasteiger partial charge < -0.3 is 19.8 Å². The van der Waals surface area contributed by atoms with Gasteiger partial charge in [0.1, 0.15) is 11.1 Å². The molecule has 8 heteroatoms. The van der Waals surface area contributed by atoms with E-state index in [9.17, 15) is 14.9 Å². The lowest BCUT2D eigenvalue weighted by Crippen LogP contribution is -2.27. The van der Waals surface area contributed by atoms with Crippen molar-refractivity contribution < 1.29 is 18.7 Å². The van der Waals surface area contributed by atoms with Crippen LogP contribution in [0.2, 0.25) is 0 Å². The highest BCUT2D eigenvalue weighted by atomic mass is 32.1. The van der Waals surface area contributed by atoms with Crippen LogP contribution in [-0.4, -0.2) is 18.6 Å². The molecule has 2 N–H and O–H groups in total. The normalized spacial score (nSPS) is 14.9. The van der Waals surface area contributed by atoms with Gasteiger partial charge in [-0.25, -0.2) is 4.79 Å². The number of carbonyl (C=O) groups is 2. The lowest BCUT2D eigenvalue weighted by atomic mass is 9.88. The van der Waals surface area contributed by atoms with Crippen LogP contribution in [0.25, 0.3) is 6.08 Å². The molecule has 2 heterocycles. The van der Waals surface area contributed by atoms with Gasteiger partial charge in [0.2, 0.25) is 5.91 Å². The lowest BCUT2D eigenvalue weighted by Gasteiger charge is -2.21. The highest BCUT2D eigenvalue weighted by molar-refractivity contribution is 7.16.